The third-order valence-corrected chi connectivity index (χ3v) is 15.6. The van der Waals surface area contributed by atoms with E-state index in [0.717, 1.165) is 36.7 Å². The summed E-state index contributed by atoms with van der Waals surface area (Å²) in [7, 11) is -4.28. The molecule has 27 heteroatoms. The van der Waals surface area contributed by atoms with E-state index < -0.39 is 66.0 Å². The fraction of sp³-hybridized carbons (Fsp3) is 0.488. The number of halogens is 5. The molecule has 0 radical (unpaired) electrons. The lowest BCUT2D eigenvalue weighted by Gasteiger charge is -2.31. The number of ketones is 2. The molecule has 2 aliphatic heterocycles. The molecule has 4 heterocycles. The predicted molar refractivity (Wildman–Crippen MR) is 254 cm³/mol. The average Bonchev–Trinajstić information content (AvgIpc) is 3.34. The molecule has 20 nitrogen and oxygen atoms in total. The molecule has 0 amide bonds. The molecule has 0 aliphatic carbocycles. The molecule has 2 aliphatic rings. The van der Waals surface area contributed by atoms with E-state index in [0.29, 0.717) is 71.2 Å². The number of ether oxygens (including phenoxy) is 2. The van der Waals surface area contributed by atoms with Crippen molar-refractivity contribution in [1.82, 2.24) is 33.9 Å². The van der Waals surface area contributed by atoms with Gasteiger partial charge in [0.25, 0.3) is 0 Å². The minimum atomic E-state index is -3.40. The van der Waals surface area contributed by atoms with Crippen LogP contribution in [0.25, 0.3) is 0 Å². The van der Waals surface area contributed by atoms with Crippen molar-refractivity contribution in [2.45, 2.75) is 63.6 Å². The second kappa shape index (κ2) is 25.0. The van der Waals surface area contributed by atoms with Crippen LogP contribution >= 0.6 is 11.6 Å². The molecule has 2 aromatic carbocycles. The highest BCUT2D eigenvalue weighted by atomic mass is 35.5. The van der Waals surface area contributed by atoms with Gasteiger partial charge in [0.05, 0.1) is 43.5 Å². The van der Waals surface area contributed by atoms with Crippen molar-refractivity contribution in [2.24, 2.45) is 0 Å². The van der Waals surface area contributed by atoms with Crippen LogP contribution in [0.3, 0.4) is 0 Å². The molecule has 0 spiro atoms. The zero-order valence-corrected chi connectivity index (χ0v) is 40.9. The molecule has 384 valence electrons. The van der Waals surface area contributed by atoms with Crippen molar-refractivity contribution in [1.29, 1.82) is 0 Å². The number of sulfonamides is 2. The summed E-state index contributed by atoms with van der Waals surface area (Å²) in [6.45, 7) is 3.63. The molecule has 2 aromatic heterocycles. The first-order chi connectivity index (χ1) is 33.2. The number of aromatic nitrogens is 4. The number of alkyl halides is 1. The number of aliphatic hydroxyl groups is 1. The monoisotopic (exact) mass is 1050 g/mol. The van der Waals surface area contributed by atoms with Crippen LogP contribution in [-0.4, -0.2) is 151 Å². The Balaban J connectivity index is 0.000000262. The van der Waals surface area contributed by atoms with Crippen molar-refractivity contribution < 1.29 is 58.6 Å². The maximum atomic E-state index is 14.3. The summed E-state index contributed by atoms with van der Waals surface area (Å²) in [5.41, 5.74) is 10.2. The minimum Gasteiger partial charge on any atom is -0.496 e. The Morgan fingerprint density at radius 2 is 1.14 bits per heavy atom. The molecule has 70 heavy (non-hydrogen) atoms. The number of aliphatic hydroxyl groups excluding tert-OH is 1. The number of carbonyl (C=O) groups is 2. The fourth-order valence-electron chi connectivity index (χ4n) is 7.46. The molecule has 6 rings (SSSR count). The molecule has 0 bridgehead atoms. The van der Waals surface area contributed by atoms with Crippen molar-refractivity contribution in [3.05, 3.63) is 82.2 Å². The Labute approximate surface area is 408 Å². The van der Waals surface area contributed by atoms with E-state index in [4.69, 9.17) is 37.6 Å². The number of piperidine rings is 2. The van der Waals surface area contributed by atoms with Gasteiger partial charge in [-0.2, -0.15) is 9.97 Å². The van der Waals surface area contributed by atoms with Gasteiger partial charge in [0.1, 0.15) is 34.3 Å². The molecule has 8 N–H and O–H groups in total. The molecule has 0 unspecified atom stereocenters. The second-order valence-electron chi connectivity index (χ2n) is 16.2. The number of nitrogens with one attached hydrogen (secondary N) is 3. The third-order valence-electron chi connectivity index (χ3n) is 11.4. The molecular weight excluding hydrogens is 990 g/mol. The van der Waals surface area contributed by atoms with Gasteiger partial charge in [-0.3, -0.25) is 9.59 Å². The Morgan fingerprint density at radius 1 is 0.743 bits per heavy atom. The minimum absolute atomic E-state index is 0.0119. The first-order valence-corrected chi connectivity index (χ1v) is 25.8. The number of hydrogen-bond acceptors (Lipinski definition) is 18. The topological polar surface area (TPSA) is 287 Å². The average molecular weight is 1050 g/mol. The summed E-state index contributed by atoms with van der Waals surface area (Å²) in [6.07, 6.45) is 5.15. The summed E-state index contributed by atoms with van der Waals surface area (Å²) < 4.78 is 119. The number of carbonyl (C=O) groups excluding carboxylic acids is 2. The number of methoxy groups -OCH3 is 2. The van der Waals surface area contributed by atoms with Crippen LogP contribution in [0.2, 0.25) is 0 Å². The summed E-state index contributed by atoms with van der Waals surface area (Å²) in [4.78, 5) is 41.9. The first kappa shape index (κ1) is 55.4. The number of rotatable bonds is 21. The van der Waals surface area contributed by atoms with Crippen molar-refractivity contribution in [3.8, 4) is 11.5 Å². The summed E-state index contributed by atoms with van der Waals surface area (Å²) in [6, 6.07) is 3.67. The van der Waals surface area contributed by atoms with Gasteiger partial charge < -0.3 is 42.0 Å². The van der Waals surface area contributed by atoms with Gasteiger partial charge in [0.2, 0.25) is 43.5 Å². The molecule has 2 fully saturated rings. The van der Waals surface area contributed by atoms with E-state index in [9.17, 15) is 44.0 Å². The van der Waals surface area contributed by atoms with Gasteiger partial charge in [-0.1, -0.05) is 0 Å². The van der Waals surface area contributed by atoms with Crippen LogP contribution in [-0.2, 0) is 20.0 Å². The van der Waals surface area contributed by atoms with E-state index in [1.165, 1.54) is 22.8 Å². The third kappa shape index (κ3) is 14.1. The zero-order chi connectivity index (χ0) is 51.3. The highest BCUT2D eigenvalue weighted by Gasteiger charge is 2.31. The first-order valence-electron chi connectivity index (χ1n) is 22.0. The van der Waals surface area contributed by atoms with Gasteiger partial charge in [-0.15, -0.1) is 11.6 Å². The maximum Gasteiger partial charge on any atom is 0.224 e. The number of benzene rings is 2. The second-order valence-corrected chi connectivity index (χ2v) is 20.8. The number of nitrogens with two attached hydrogens (primary N) is 2. The van der Waals surface area contributed by atoms with Crippen molar-refractivity contribution >= 4 is 66.7 Å². The summed E-state index contributed by atoms with van der Waals surface area (Å²) in [5.74, 6) is -7.10. The van der Waals surface area contributed by atoms with E-state index in [1.807, 2.05) is 6.92 Å². The predicted octanol–water partition coefficient (Wildman–Crippen LogP) is 3.55. The van der Waals surface area contributed by atoms with Crippen LogP contribution < -0.4 is 36.9 Å². The number of hydrogen-bond donors (Lipinski definition) is 6. The van der Waals surface area contributed by atoms with Crippen LogP contribution in [0.5, 0.6) is 11.5 Å². The summed E-state index contributed by atoms with van der Waals surface area (Å²) >= 11 is 5.59. The van der Waals surface area contributed by atoms with Crippen molar-refractivity contribution in [2.75, 3.05) is 93.0 Å². The Kier molecular flexibility index (Phi) is 19.8. The zero-order valence-electron chi connectivity index (χ0n) is 38.6. The van der Waals surface area contributed by atoms with Gasteiger partial charge in [-0.05, 0) is 76.3 Å². The molecule has 0 saturated carbocycles. The van der Waals surface area contributed by atoms with E-state index >= 15 is 0 Å². The van der Waals surface area contributed by atoms with Crippen molar-refractivity contribution in [3.63, 3.8) is 0 Å². The van der Waals surface area contributed by atoms with Gasteiger partial charge in [-0.25, -0.2) is 53.0 Å². The highest BCUT2D eigenvalue weighted by Crippen LogP contribution is 2.30. The van der Waals surface area contributed by atoms with E-state index in [2.05, 4.69) is 35.9 Å². The SMILES string of the molecule is COc1ccc(F)c(F)c1C(=O)c1cnc(NC2CCN(S(=O)(=O)CCCCl)CC2)nc1N.COc1ccc(F)c(F)c1C(=O)c1cnc(NC2CCN(S(=O)(=O)CCCN[C@@H](C)CO)CC2)nc1N. The largest absolute Gasteiger partial charge is 0.496 e. The lowest BCUT2D eigenvalue weighted by molar-refractivity contribution is 0.102. The normalized spacial score (nSPS) is 15.7. The Hall–Kier alpha value is -5.51. The fourth-order valence-corrected chi connectivity index (χ4v) is 10.8. The molecule has 2 saturated heterocycles. The van der Waals surface area contributed by atoms with Crippen LogP contribution in [0.1, 0.15) is 77.3 Å². The van der Waals surface area contributed by atoms with Crippen LogP contribution in [0.4, 0.5) is 41.1 Å². The van der Waals surface area contributed by atoms with E-state index in [1.54, 1.807) is 0 Å². The molecule has 4 aromatic rings. The van der Waals surface area contributed by atoms with Crippen LogP contribution in [0, 0.1) is 23.3 Å². The lowest BCUT2D eigenvalue weighted by Crippen LogP contribution is -2.43. The number of anilines is 4. The van der Waals surface area contributed by atoms with E-state index in [-0.39, 0.29) is 88.3 Å². The molecule has 1 atom stereocenters. The number of nitrogens with zero attached hydrogens (tertiary/aromatic N) is 6. The quantitative estimate of drug-likeness (QED) is 0.0301. The highest BCUT2D eigenvalue weighted by molar-refractivity contribution is 7.89. The van der Waals surface area contributed by atoms with Crippen LogP contribution in [0.15, 0.2) is 36.7 Å². The summed E-state index contributed by atoms with van der Waals surface area (Å²) in [5, 5.41) is 18.2. The lowest BCUT2D eigenvalue weighted by atomic mass is 10.0. The molecular formula is C43H56ClF4N11O9S2. The maximum absolute atomic E-state index is 14.3. The van der Waals surface area contributed by atoms with Gasteiger partial charge in [0, 0.05) is 62.6 Å². The van der Waals surface area contributed by atoms with Gasteiger partial charge >= 0.3 is 0 Å². The van der Waals surface area contributed by atoms with Gasteiger partial charge in [0.15, 0.2) is 23.3 Å². The Bertz CT molecular complexity index is 2700. The smallest absolute Gasteiger partial charge is 0.224 e. The standard InChI is InChI=1S/C23H32F2N6O5S.C20H24ClF2N5O4S/c1-14(13-32)27-8-3-11-37(34,35)31-9-6-15(7-10-31)29-23-28-12-16(22(26)30-23)21(33)19-18(36-2)5-4-17(24)20(19)25;1-32-15-4-3-14(22)17(23)16(15)18(29)13-11-25-20(27-19(13)24)26-12-5-8-28(9-6-12)33(30,31)10-2-7-21/h4-5,12,14-15,27,32H,3,6-11,13H2,1-2H3,(H3,26,28,29,30);3-4,11-12H,2,5-10H2,1H3,(H3,24,25,26,27)/t14-;/m0./s1. The Morgan fingerprint density at radius 3 is 1.50 bits per heavy atom. The number of nitrogen functional groups attached to an aromatic ring is 2.